The first-order chi connectivity index (χ1) is 33.8. The predicted molar refractivity (Wildman–Crippen MR) is 290 cm³/mol. The molecule has 7 atom stereocenters. The van der Waals surface area contributed by atoms with Gasteiger partial charge in [0, 0.05) is 6.42 Å². The number of amides is 1. The van der Waals surface area contributed by atoms with Gasteiger partial charge in [0.15, 0.2) is 6.29 Å². The fourth-order valence-corrected chi connectivity index (χ4v) is 9.03. The highest BCUT2D eigenvalue weighted by Gasteiger charge is 2.44. The van der Waals surface area contributed by atoms with Gasteiger partial charge in [0.05, 0.1) is 25.4 Å². The maximum absolute atomic E-state index is 12.9. The molecule has 7 unspecified atom stereocenters. The van der Waals surface area contributed by atoms with Gasteiger partial charge in [-0.3, -0.25) is 4.79 Å². The lowest BCUT2D eigenvalue weighted by Crippen LogP contribution is -2.60. The van der Waals surface area contributed by atoms with Crippen molar-refractivity contribution in [3.05, 3.63) is 60.8 Å². The van der Waals surface area contributed by atoms with E-state index in [-0.39, 0.29) is 12.5 Å². The molecule has 69 heavy (non-hydrogen) atoms. The molecule has 0 saturated carbocycles. The van der Waals surface area contributed by atoms with Gasteiger partial charge in [0.1, 0.15) is 24.4 Å². The number of rotatable bonds is 49. The summed E-state index contributed by atoms with van der Waals surface area (Å²) < 4.78 is 11.2. The number of carbonyl (C=O) groups is 1. The fraction of sp³-hybridized carbons (Fsp3) is 0.817. The summed E-state index contributed by atoms with van der Waals surface area (Å²) in [7, 11) is 0. The van der Waals surface area contributed by atoms with Crippen molar-refractivity contribution in [2.24, 2.45) is 0 Å². The second-order valence-corrected chi connectivity index (χ2v) is 20.1. The van der Waals surface area contributed by atoms with Crippen molar-refractivity contribution >= 4 is 5.91 Å². The maximum atomic E-state index is 12.9. The largest absolute Gasteiger partial charge is 0.394 e. The molecular weight excluding hydrogens is 863 g/mol. The Bertz CT molecular complexity index is 1270. The van der Waals surface area contributed by atoms with E-state index in [0.29, 0.717) is 6.42 Å². The van der Waals surface area contributed by atoms with E-state index in [2.05, 4.69) is 67.8 Å². The minimum Gasteiger partial charge on any atom is -0.394 e. The van der Waals surface area contributed by atoms with E-state index in [1.807, 2.05) is 6.08 Å². The van der Waals surface area contributed by atoms with Crippen molar-refractivity contribution < 1.29 is 39.8 Å². The topological polar surface area (TPSA) is 149 Å². The van der Waals surface area contributed by atoms with Gasteiger partial charge in [-0.25, -0.2) is 0 Å². The van der Waals surface area contributed by atoms with Crippen LogP contribution in [0.4, 0.5) is 0 Å². The van der Waals surface area contributed by atoms with Crippen LogP contribution in [0.15, 0.2) is 60.8 Å². The fourth-order valence-electron chi connectivity index (χ4n) is 9.03. The summed E-state index contributed by atoms with van der Waals surface area (Å²) in [6.07, 6.45) is 60.7. The van der Waals surface area contributed by atoms with E-state index in [1.165, 1.54) is 173 Å². The van der Waals surface area contributed by atoms with E-state index in [4.69, 9.17) is 9.47 Å². The average molecular weight is 973 g/mol. The zero-order valence-electron chi connectivity index (χ0n) is 44.6. The summed E-state index contributed by atoms with van der Waals surface area (Å²) in [6.45, 7) is 3.61. The van der Waals surface area contributed by atoms with Crippen molar-refractivity contribution in [1.29, 1.82) is 0 Å². The van der Waals surface area contributed by atoms with Gasteiger partial charge in [-0.15, -0.1) is 0 Å². The number of carbonyl (C=O) groups excluding carboxylic acids is 1. The summed E-state index contributed by atoms with van der Waals surface area (Å²) in [5.74, 6) is -0.178. The van der Waals surface area contributed by atoms with Crippen molar-refractivity contribution in [3.8, 4) is 0 Å². The molecule has 0 aromatic heterocycles. The zero-order valence-corrected chi connectivity index (χ0v) is 44.6. The Hall–Kier alpha value is -2.11. The Morgan fingerprint density at radius 3 is 1.33 bits per heavy atom. The SMILES string of the molecule is CC/C=C\C/C=C\C/C=C\C/C=C\CCCCCCCCCCCCCCCCCCCCCCCCCCCCC(=O)NC(COC1OC(CO)C(O)C(O)C1O)C(O)/C=C/CCCCCCC. The van der Waals surface area contributed by atoms with Crippen molar-refractivity contribution in [1.82, 2.24) is 5.32 Å². The first kappa shape index (κ1) is 64.9. The summed E-state index contributed by atoms with van der Waals surface area (Å²) in [6, 6.07) is -0.800. The molecule has 0 radical (unpaired) electrons. The molecule has 9 heteroatoms. The van der Waals surface area contributed by atoms with Crippen LogP contribution in [0.5, 0.6) is 0 Å². The van der Waals surface area contributed by atoms with Gasteiger partial charge in [-0.05, 0) is 57.8 Å². The van der Waals surface area contributed by atoms with Crippen molar-refractivity contribution in [2.75, 3.05) is 13.2 Å². The molecule has 1 rings (SSSR count). The molecule has 1 aliphatic rings. The quantitative estimate of drug-likeness (QED) is 0.0261. The number of nitrogens with one attached hydrogen (secondary N) is 1. The summed E-state index contributed by atoms with van der Waals surface area (Å²) in [5, 5.41) is 54.0. The molecule has 1 aliphatic heterocycles. The van der Waals surface area contributed by atoms with E-state index < -0.39 is 49.5 Å². The molecule has 402 valence electrons. The second-order valence-electron chi connectivity index (χ2n) is 20.1. The molecule has 9 nitrogen and oxygen atoms in total. The Kier molecular flexibility index (Phi) is 46.5. The minimum absolute atomic E-state index is 0.178. The number of allylic oxidation sites excluding steroid dienone is 9. The van der Waals surface area contributed by atoms with Crippen LogP contribution in [0.3, 0.4) is 0 Å². The van der Waals surface area contributed by atoms with Gasteiger partial charge in [-0.1, -0.05) is 254 Å². The Labute approximate surface area is 424 Å². The number of unbranched alkanes of at least 4 members (excludes halogenated alkanes) is 31. The zero-order chi connectivity index (χ0) is 50.1. The van der Waals surface area contributed by atoms with Crippen LogP contribution in [0, 0.1) is 0 Å². The van der Waals surface area contributed by atoms with Crippen LogP contribution in [0.25, 0.3) is 0 Å². The highest BCUT2D eigenvalue weighted by atomic mass is 16.7. The summed E-state index contributed by atoms with van der Waals surface area (Å²) in [4.78, 5) is 12.9. The van der Waals surface area contributed by atoms with Crippen molar-refractivity contribution in [2.45, 2.75) is 301 Å². The molecule has 1 amide bonds. The highest BCUT2D eigenvalue weighted by molar-refractivity contribution is 5.76. The van der Waals surface area contributed by atoms with Gasteiger partial charge in [-0.2, -0.15) is 0 Å². The number of ether oxygens (including phenoxy) is 2. The number of aliphatic hydroxyl groups excluding tert-OH is 5. The van der Waals surface area contributed by atoms with Gasteiger partial charge < -0.3 is 40.3 Å². The number of aliphatic hydroxyl groups is 5. The van der Waals surface area contributed by atoms with Crippen LogP contribution in [0.2, 0.25) is 0 Å². The smallest absolute Gasteiger partial charge is 0.220 e. The highest BCUT2D eigenvalue weighted by Crippen LogP contribution is 2.23. The van der Waals surface area contributed by atoms with E-state index in [1.54, 1.807) is 6.08 Å². The first-order valence-corrected chi connectivity index (χ1v) is 29.0. The van der Waals surface area contributed by atoms with Crippen LogP contribution >= 0.6 is 0 Å². The van der Waals surface area contributed by atoms with E-state index >= 15 is 0 Å². The first-order valence-electron chi connectivity index (χ1n) is 29.0. The molecular formula is C60H109NO8. The standard InChI is InChI=1S/C60H109NO8/c1-3-5-7-9-11-12-13-14-15-16-17-18-19-20-21-22-23-24-25-26-27-28-29-30-31-32-33-34-35-36-37-38-39-40-41-42-44-46-48-50-56(64)61-53(54(63)49-47-45-43-10-8-6-4-2)52-68-60-59(67)58(66)57(65)55(51-62)69-60/h5,7,11-12,14-15,17-18,47,49,53-55,57-60,62-63,65-67H,3-4,6,8-10,13,16,19-46,48,50-52H2,1-2H3,(H,61,64)/b7-5-,12-11-,15-14-,18-17-,49-47+. The van der Waals surface area contributed by atoms with E-state index in [0.717, 1.165) is 64.2 Å². The molecule has 0 bridgehead atoms. The molecule has 0 spiro atoms. The Morgan fingerprint density at radius 2 is 0.899 bits per heavy atom. The maximum Gasteiger partial charge on any atom is 0.220 e. The third-order valence-corrected chi connectivity index (χ3v) is 13.6. The Morgan fingerprint density at radius 1 is 0.507 bits per heavy atom. The van der Waals surface area contributed by atoms with Gasteiger partial charge >= 0.3 is 0 Å². The molecule has 1 heterocycles. The molecule has 1 fully saturated rings. The summed E-state index contributed by atoms with van der Waals surface area (Å²) >= 11 is 0. The second kappa shape index (κ2) is 49.5. The monoisotopic (exact) mass is 972 g/mol. The van der Waals surface area contributed by atoms with Crippen LogP contribution < -0.4 is 5.32 Å². The van der Waals surface area contributed by atoms with Crippen LogP contribution in [-0.2, 0) is 14.3 Å². The third-order valence-electron chi connectivity index (χ3n) is 13.6. The molecule has 0 aromatic rings. The van der Waals surface area contributed by atoms with Crippen LogP contribution in [-0.4, -0.2) is 87.5 Å². The lowest BCUT2D eigenvalue weighted by Gasteiger charge is -2.40. The average Bonchev–Trinajstić information content (AvgIpc) is 3.35. The third kappa shape index (κ3) is 39.1. The molecule has 0 aromatic carbocycles. The number of hydrogen-bond donors (Lipinski definition) is 6. The normalized spacial score (nSPS) is 19.9. The lowest BCUT2D eigenvalue weighted by atomic mass is 9.99. The summed E-state index contributed by atoms with van der Waals surface area (Å²) in [5.41, 5.74) is 0. The predicted octanol–water partition coefficient (Wildman–Crippen LogP) is 14.3. The van der Waals surface area contributed by atoms with Gasteiger partial charge in [0.25, 0.3) is 0 Å². The Balaban J connectivity index is 1.96. The lowest BCUT2D eigenvalue weighted by molar-refractivity contribution is -0.302. The van der Waals surface area contributed by atoms with Gasteiger partial charge in [0.2, 0.25) is 5.91 Å². The van der Waals surface area contributed by atoms with Crippen molar-refractivity contribution in [3.63, 3.8) is 0 Å². The van der Waals surface area contributed by atoms with Crippen LogP contribution in [0.1, 0.15) is 258 Å². The molecule has 1 saturated heterocycles. The minimum atomic E-state index is -1.56. The van der Waals surface area contributed by atoms with E-state index in [9.17, 15) is 30.3 Å². The number of hydrogen-bond acceptors (Lipinski definition) is 8. The molecule has 6 N–H and O–H groups in total. The molecule has 0 aliphatic carbocycles.